The molecule has 0 aliphatic heterocycles. The van der Waals surface area contributed by atoms with Gasteiger partial charge in [-0.2, -0.15) is 0 Å². The Morgan fingerprint density at radius 3 is 1.98 bits per heavy atom. The van der Waals surface area contributed by atoms with E-state index in [1.165, 1.54) is 135 Å². The summed E-state index contributed by atoms with van der Waals surface area (Å²) in [6.07, 6.45) is 35.5. The number of fused-ring (bicyclic) bond motifs is 5. The van der Waals surface area contributed by atoms with E-state index < -0.39 is 0 Å². The molecule has 9 atom stereocenters. The third-order valence-corrected chi connectivity index (χ3v) is 15.0. The van der Waals surface area contributed by atoms with Gasteiger partial charge in [0.05, 0.1) is 0 Å². The Morgan fingerprint density at radius 1 is 0.766 bits per heavy atom. The summed E-state index contributed by atoms with van der Waals surface area (Å²) in [7, 11) is 0. The normalized spacial score (nSPS) is 33.1. The van der Waals surface area contributed by atoms with Crippen LogP contribution in [0.2, 0.25) is 0 Å². The Morgan fingerprint density at radius 2 is 1.36 bits per heavy atom. The van der Waals surface area contributed by atoms with Crippen molar-refractivity contribution in [1.29, 1.82) is 0 Å². The first kappa shape index (κ1) is 39.0. The minimum absolute atomic E-state index is 0.0759. The third-order valence-electron chi connectivity index (χ3n) is 15.0. The summed E-state index contributed by atoms with van der Waals surface area (Å²) in [5, 5.41) is 0. The second-order valence-electron chi connectivity index (χ2n) is 18.3. The third kappa shape index (κ3) is 10.1. The molecule has 4 aliphatic rings. The molecule has 0 saturated heterocycles. The van der Waals surface area contributed by atoms with Gasteiger partial charge >= 0.3 is 5.97 Å². The number of ether oxygens (including phenoxy) is 1. The number of hydrogen-bond donors (Lipinski definition) is 0. The maximum absolute atomic E-state index is 12.8. The van der Waals surface area contributed by atoms with E-state index in [4.69, 9.17) is 4.74 Å². The molecule has 47 heavy (non-hydrogen) atoms. The molecule has 9 unspecified atom stereocenters. The van der Waals surface area contributed by atoms with E-state index in [0.29, 0.717) is 23.2 Å². The van der Waals surface area contributed by atoms with Crippen molar-refractivity contribution in [2.24, 2.45) is 52.3 Å². The number of carbonyl (C=O) groups excluding carboxylic acids is 1. The summed E-state index contributed by atoms with van der Waals surface area (Å²) >= 11 is 0. The number of unbranched alkanes of at least 4 members (excludes halogenated alkanes) is 12. The van der Waals surface area contributed by atoms with Crippen LogP contribution < -0.4 is 0 Å². The Balaban J connectivity index is 1.16. The first-order chi connectivity index (χ1) is 22.6. The summed E-state index contributed by atoms with van der Waals surface area (Å²) in [4.78, 5) is 12.8. The zero-order valence-electron chi connectivity index (χ0n) is 32.7. The highest BCUT2D eigenvalue weighted by molar-refractivity contribution is 5.69. The molecule has 0 radical (unpaired) electrons. The van der Waals surface area contributed by atoms with Gasteiger partial charge in [0.25, 0.3) is 0 Å². The summed E-state index contributed by atoms with van der Waals surface area (Å²) < 4.78 is 6.16. The monoisotopic (exact) mass is 653 g/mol. The standard InChI is InChI=1S/C45H80O2/c1-8-10-11-12-13-14-15-16-17-18-19-20-21-22-43(46)47-38-29-31-44(6)37(33-38)25-26-39-41-28-27-40(45(41,7)32-30-42(39)44)35(5)23-24-36(9-2)34(3)4/h26,34-38,40-42H,8-25,27-33H2,1-7H3. The number of carbonyl (C=O) groups is 1. The van der Waals surface area contributed by atoms with Crippen LogP contribution >= 0.6 is 0 Å². The van der Waals surface area contributed by atoms with Crippen molar-refractivity contribution >= 4 is 5.97 Å². The van der Waals surface area contributed by atoms with Crippen LogP contribution in [-0.4, -0.2) is 12.1 Å². The Labute approximate surface area is 293 Å². The minimum Gasteiger partial charge on any atom is -0.462 e. The number of rotatable bonds is 21. The molecular formula is C45H80O2. The molecule has 0 aromatic rings. The van der Waals surface area contributed by atoms with E-state index in [2.05, 4.69) is 54.5 Å². The Hall–Kier alpha value is -0.790. The molecule has 2 heteroatoms. The highest BCUT2D eigenvalue weighted by Gasteiger charge is 2.58. The molecule has 2 nitrogen and oxygen atoms in total. The predicted molar refractivity (Wildman–Crippen MR) is 202 cm³/mol. The number of allylic oxidation sites excluding steroid dienone is 2. The van der Waals surface area contributed by atoms with Gasteiger partial charge in [0.1, 0.15) is 6.10 Å². The fourth-order valence-electron chi connectivity index (χ4n) is 11.8. The SMILES string of the molecule is CCCCCCCCCCCCCCCC(=O)OC1CCC2(C)C(CC=C3C2CCC2(C)C3CCC2C(C)CCC(CC)C(C)C)C1. The molecule has 272 valence electrons. The largest absolute Gasteiger partial charge is 0.462 e. The lowest BCUT2D eigenvalue weighted by Gasteiger charge is -2.58. The van der Waals surface area contributed by atoms with Gasteiger partial charge in [0.2, 0.25) is 0 Å². The molecule has 3 saturated carbocycles. The van der Waals surface area contributed by atoms with Crippen LogP contribution in [0.1, 0.15) is 209 Å². The van der Waals surface area contributed by atoms with Crippen LogP contribution in [0.4, 0.5) is 0 Å². The lowest BCUT2D eigenvalue weighted by molar-refractivity contribution is -0.155. The second kappa shape index (κ2) is 19.0. The number of esters is 1. The maximum Gasteiger partial charge on any atom is 0.306 e. The van der Waals surface area contributed by atoms with Gasteiger partial charge in [-0.25, -0.2) is 0 Å². The van der Waals surface area contributed by atoms with Crippen LogP contribution in [-0.2, 0) is 9.53 Å². The van der Waals surface area contributed by atoms with Crippen molar-refractivity contribution in [3.8, 4) is 0 Å². The van der Waals surface area contributed by atoms with Crippen LogP contribution in [0.5, 0.6) is 0 Å². The molecule has 0 heterocycles. The zero-order valence-corrected chi connectivity index (χ0v) is 32.7. The van der Waals surface area contributed by atoms with Crippen molar-refractivity contribution in [3.05, 3.63) is 11.6 Å². The Bertz CT molecular complexity index is 950. The van der Waals surface area contributed by atoms with Gasteiger partial charge in [0.15, 0.2) is 0 Å². The predicted octanol–water partition coefficient (Wildman–Crippen LogP) is 14.1. The molecule has 0 aromatic heterocycles. The van der Waals surface area contributed by atoms with E-state index in [1.807, 2.05) is 5.57 Å². The second-order valence-corrected chi connectivity index (χ2v) is 18.3. The van der Waals surface area contributed by atoms with Crippen molar-refractivity contribution in [2.75, 3.05) is 0 Å². The van der Waals surface area contributed by atoms with Gasteiger partial charge in [-0.15, -0.1) is 0 Å². The van der Waals surface area contributed by atoms with Gasteiger partial charge in [-0.1, -0.05) is 150 Å². The molecule has 0 amide bonds. The lowest BCUT2D eigenvalue weighted by Crippen LogP contribution is -2.50. The molecule has 4 rings (SSSR count). The Kier molecular flexibility index (Phi) is 15.8. The van der Waals surface area contributed by atoms with E-state index >= 15 is 0 Å². The molecule has 0 spiro atoms. The van der Waals surface area contributed by atoms with Crippen molar-refractivity contribution < 1.29 is 9.53 Å². The van der Waals surface area contributed by atoms with Gasteiger partial charge < -0.3 is 4.74 Å². The molecule has 3 fully saturated rings. The topological polar surface area (TPSA) is 26.3 Å². The quantitative estimate of drug-likeness (QED) is 0.0700. The van der Waals surface area contributed by atoms with E-state index in [-0.39, 0.29) is 12.1 Å². The van der Waals surface area contributed by atoms with Crippen molar-refractivity contribution in [3.63, 3.8) is 0 Å². The summed E-state index contributed by atoms with van der Waals surface area (Å²) in [5.41, 5.74) is 2.78. The number of hydrogen-bond acceptors (Lipinski definition) is 2. The first-order valence-electron chi connectivity index (χ1n) is 21.5. The van der Waals surface area contributed by atoms with Crippen LogP contribution in [0.25, 0.3) is 0 Å². The maximum atomic E-state index is 12.8. The summed E-state index contributed by atoms with van der Waals surface area (Å²) in [6, 6.07) is 0. The first-order valence-corrected chi connectivity index (χ1v) is 21.5. The highest BCUT2D eigenvalue weighted by atomic mass is 16.5. The average Bonchev–Trinajstić information content (AvgIpc) is 3.41. The molecule has 0 N–H and O–H groups in total. The van der Waals surface area contributed by atoms with E-state index in [0.717, 1.165) is 54.8 Å². The van der Waals surface area contributed by atoms with Gasteiger partial charge in [0, 0.05) is 6.42 Å². The van der Waals surface area contributed by atoms with Crippen molar-refractivity contribution in [2.45, 2.75) is 215 Å². The van der Waals surface area contributed by atoms with Gasteiger partial charge in [-0.3, -0.25) is 4.79 Å². The molecule has 4 aliphatic carbocycles. The van der Waals surface area contributed by atoms with Crippen LogP contribution in [0, 0.1) is 52.3 Å². The summed E-state index contributed by atoms with van der Waals surface area (Å²) in [5.74, 6) is 5.80. The van der Waals surface area contributed by atoms with Crippen LogP contribution in [0.3, 0.4) is 0 Å². The van der Waals surface area contributed by atoms with Gasteiger partial charge in [-0.05, 0) is 116 Å². The van der Waals surface area contributed by atoms with Crippen LogP contribution in [0.15, 0.2) is 11.6 Å². The van der Waals surface area contributed by atoms with E-state index in [9.17, 15) is 4.79 Å². The molecule has 0 aromatic carbocycles. The summed E-state index contributed by atoms with van der Waals surface area (Å²) in [6.45, 7) is 17.5. The van der Waals surface area contributed by atoms with Crippen molar-refractivity contribution in [1.82, 2.24) is 0 Å². The molecule has 0 bridgehead atoms. The smallest absolute Gasteiger partial charge is 0.306 e. The average molecular weight is 653 g/mol. The lowest BCUT2D eigenvalue weighted by atomic mass is 9.47. The fraction of sp³-hybridized carbons (Fsp3) is 0.933. The fourth-order valence-corrected chi connectivity index (χ4v) is 11.8. The molecular weight excluding hydrogens is 572 g/mol. The minimum atomic E-state index is 0.0759. The zero-order chi connectivity index (χ0) is 33.9. The highest BCUT2D eigenvalue weighted by Crippen LogP contribution is 2.67. The van der Waals surface area contributed by atoms with E-state index in [1.54, 1.807) is 0 Å².